The smallest absolute Gasteiger partial charge is 0.125 e. The third-order valence-electron chi connectivity index (χ3n) is 4.30. The fourth-order valence-corrected chi connectivity index (χ4v) is 3.66. The first-order chi connectivity index (χ1) is 9.72. The van der Waals surface area contributed by atoms with Crippen LogP contribution in [0.1, 0.15) is 24.4 Å². The van der Waals surface area contributed by atoms with Crippen molar-refractivity contribution >= 4 is 11.6 Å². The van der Waals surface area contributed by atoms with E-state index in [0.717, 1.165) is 42.3 Å². The van der Waals surface area contributed by atoms with Crippen molar-refractivity contribution in [2.24, 2.45) is 5.73 Å². The molecule has 110 valence electrons. The van der Waals surface area contributed by atoms with Crippen LogP contribution in [0.4, 0.5) is 0 Å². The number of methoxy groups -OCH3 is 1. The van der Waals surface area contributed by atoms with E-state index in [-0.39, 0.29) is 6.04 Å². The maximum atomic E-state index is 6.40. The Kier molecular flexibility index (Phi) is 4.17. The second-order valence-electron chi connectivity index (χ2n) is 5.52. The van der Waals surface area contributed by atoms with Crippen molar-refractivity contribution in [3.63, 3.8) is 0 Å². The third-order valence-corrected chi connectivity index (χ3v) is 4.63. The summed E-state index contributed by atoms with van der Waals surface area (Å²) in [4.78, 5) is 2.40. The Morgan fingerprint density at radius 3 is 2.70 bits per heavy atom. The predicted octanol–water partition coefficient (Wildman–Crippen LogP) is 2.21. The Balaban J connectivity index is 1.90. The monoisotopic (exact) mass is 296 g/mol. The molecule has 2 aliphatic rings. The summed E-state index contributed by atoms with van der Waals surface area (Å²) in [6, 6.07) is 5.84. The first-order valence-corrected chi connectivity index (χ1v) is 7.52. The van der Waals surface area contributed by atoms with E-state index in [1.54, 1.807) is 7.11 Å². The molecule has 0 spiro atoms. The van der Waals surface area contributed by atoms with Gasteiger partial charge in [0.15, 0.2) is 0 Å². The van der Waals surface area contributed by atoms with Crippen LogP contribution in [0.15, 0.2) is 18.2 Å². The van der Waals surface area contributed by atoms with Crippen LogP contribution in [0.2, 0.25) is 5.02 Å². The first kappa shape index (κ1) is 14.1. The standard InChI is InChI=1S/C15H21ClN2O2/c1-19-14-4-2-3-12(16)15(14)13(7-17)18-8-10-5-6-11(9-18)20-10/h2-4,10-11,13H,5-9,17H2,1H3. The van der Waals surface area contributed by atoms with Gasteiger partial charge in [0.25, 0.3) is 0 Å². The summed E-state index contributed by atoms with van der Waals surface area (Å²) >= 11 is 6.40. The van der Waals surface area contributed by atoms with Crippen LogP contribution in [0.5, 0.6) is 5.75 Å². The lowest BCUT2D eigenvalue weighted by molar-refractivity contribution is -0.0523. The number of morpholine rings is 1. The minimum absolute atomic E-state index is 0.0886. The van der Waals surface area contributed by atoms with Crippen LogP contribution in [0.3, 0.4) is 0 Å². The molecule has 5 heteroatoms. The molecular formula is C15H21ClN2O2. The number of halogens is 1. The number of benzene rings is 1. The molecule has 0 saturated carbocycles. The number of rotatable bonds is 4. The van der Waals surface area contributed by atoms with E-state index >= 15 is 0 Å². The van der Waals surface area contributed by atoms with Crippen LogP contribution in [-0.4, -0.2) is 43.9 Å². The number of hydrogen-bond acceptors (Lipinski definition) is 4. The van der Waals surface area contributed by atoms with Crippen molar-refractivity contribution in [2.75, 3.05) is 26.7 Å². The van der Waals surface area contributed by atoms with E-state index in [2.05, 4.69) is 4.90 Å². The molecular weight excluding hydrogens is 276 g/mol. The fourth-order valence-electron chi connectivity index (χ4n) is 3.37. The molecule has 3 rings (SSSR count). The fraction of sp³-hybridized carbons (Fsp3) is 0.600. The highest BCUT2D eigenvalue weighted by Crippen LogP contribution is 2.38. The third kappa shape index (κ3) is 2.53. The van der Waals surface area contributed by atoms with Gasteiger partial charge >= 0.3 is 0 Å². The topological polar surface area (TPSA) is 47.7 Å². The summed E-state index contributed by atoms with van der Waals surface area (Å²) in [7, 11) is 1.67. The molecule has 20 heavy (non-hydrogen) atoms. The quantitative estimate of drug-likeness (QED) is 0.925. The molecule has 2 saturated heterocycles. The van der Waals surface area contributed by atoms with Crippen molar-refractivity contribution in [1.29, 1.82) is 0 Å². The lowest BCUT2D eigenvalue weighted by Crippen LogP contribution is -2.46. The predicted molar refractivity (Wildman–Crippen MR) is 79.3 cm³/mol. The molecule has 2 heterocycles. The number of fused-ring (bicyclic) bond motifs is 2. The van der Waals surface area contributed by atoms with Crippen molar-refractivity contribution in [3.8, 4) is 5.75 Å². The Hall–Kier alpha value is -0.810. The molecule has 0 amide bonds. The molecule has 1 aromatic carbocycles. The van der Waals surface area contributed by atoms with Gasteiger partial charge in [0.2, 0.25) is 0 Å². The van der Waals surface area contributed by atoms with Crippen LogP contribution >= 0.6 is 11.6 Å². The molecule has 1 aromatic rings. The van der Waals surface area contributed by atoms with Crippen LogP contribution in [0, 0.1) is 0 Å². The maximum Gasteiger partial charge on any atom is 0.125 e. The van der Waals surface area contributed by atoms with Crippen molar-refractivity contribution in [1.82, 2.24) is 4.90 Å². The molecule has 3 atom stereocenters. The first-order valence-electron chi connectivity index (χ1n) is 7.15. The molecule has 0 radical (unpaired) electrons. The summed E-state index contributed by atoms with van der Waals surface area (Å²) in [6.07, 6.45) is 2.99. The van der Waals surface area contributed by atoms with E-state index in [4.69, 9.17) is 26.8 Å². The Bertz CT molecular complexity index is 471. The zero-order chi connectivity index (χ0) is 14.1. The second kappa shape index (κ2) is 5.90. The van der Waals surface area contributed by atoms with E-state index in [1.165, 1.54) is 0 Å². The summed E-state index contributed by atoms with van der Waals surface area (Å²) in [6.45, 7) is 2.37. The molecule has 2 aliphatic heterocycles. The highest BCUT2D eigenvalue weighted by atomic mass is 35.5. The summed E-state index contributed by atoms with van der Waals surface area (Å²) in [5.41, 5.74) is 7.04. The molecule has 2 N–H and O–H groups in total. The number of nitrogens with two attached hydrogens (primary N) is 1. The number of hydrogen-bond donors (Lipinski definition) is 1. The van der Waals surface area contributed by atoms with Gasteiger partial charge < -0.3 is 15.2 Å². The van der Waals surface area contributed by atoms with Gasteiger partial charge in [0.1, 0.15) is 5.75 Å². The Morgan fingerprint density at radius 2 is 2.10 bits per heavy atom. The minimum Gasteiger partial charge on any atom is -0.496 e. The van der Waals surface area contributed by atoms with Crippen LogP contribution < -0.4 is 10.5 Å². The van der Waals surface area contributed by atoms with Gasteiger partial charge in [-0.25, -0.2) is 0 Å². The van der Waals surface area contributed by atoms with Gasteiger partial charge in [-0.3, -0.25) is 4.90 Å². The lowest BCUT2D eigenvalue weighted by Gasteiger charge is -2.38. The van der Waals surface area contributed by atoms with Crippen molar-refractivity contribution < 1.29 is 9.47 Å². The molecule has 2 fully saturated rings. The molecule has 4 nitrogen and oxygen atoms in total. The highest BCUT2D eigenvalue weighted by molar-refractivity contribution is 6.31. The molecule has 0 aliphatic carbocycles. The van der Waals surface area contributed by atoms with Gasteiger partial charge in [-0.1, -0.05) is 17.7 Å². The number of likely N-dealkylation sites (tertiary alicyclic amines) is 1. The van der Waals surface area contributed by atoms with E-state index in [9.17, 15) is 0 Å². The Labute approximate surface area is 124 Å². The lowest BCUT2D eigenvalue weighted by atomic mass is 10.0. The van der Waals surface area contributed by atoms with Gasteiger partial charge in [-0.15, -0.1) is 0 Å². The summed E-state index contributed by atoms with van der Waals surface area (Å²) in [5, 5.41) is 0.721. The van der Waals surface area contributed by atoms with Gasteiger partial charge in [0.05, 0.1) is 25.4 Å². The number of nitrogens with zero attached hydrogens (tertiary/aromatic N) is 1. The van der Waals surface area contributed by atoms with Crippen molar-refractivity contribution in [2.45, 2.75) is 31.1 Å². The molecule has 2 bridgehead atoms. The summed E-state index contributed by atoms with van der Waals surface area (Å²) in [5.74, 6) is 0.812. The van der Waals surface area contributed by atoms with Crippen LogP contribution in [-0.2, 0) is 4.74 Å². The summed E-state index contributed by atoms with van der Waals surface area (Å²) < 4.78 is 11.4. The zero-order valence-electron chi connectivity index (χ0n) is 11.7. The van der Waals surface area contributed by atoms with E-state index in [1.807, 2.05) is 18.2 Å². The maximum absolute atomic E-state index is 6.40. The minimum atomic E-state index is 0.0886. The SMILES string of the molecule is COc1cccc(Cl)c1C(CN)N1CC2CCC(C1)O2. The normalized spacial score (nSPS) is 27.6. The average molecular weight is 297 g/mol. The average Bonchev–Trinajstić information content (AvgIpc) is 2.80. The second-order valence-corrected chi connectivity index (χ2v) is 5.93. The van der Waals surface area contributed by atoms with E-state index < -0.39 is 0 Å². The van der Waals surface area contributed by atoms with Crippen molar-refractivity contribution in [3.05, 3.63) is 28.8 Å². The van der Waals surface area contributed by atoms with Crippen LogP contribution in [0.25, 0.3) is 0 Å². The zero-order valence-corrected chi connectivity index (χ0v) is 12.5. The number of ether oxygens (including phenoxy) is 2. The Morgan fingerprint density at radius 1 is 1.40 bits per heavy atom. The van der Waals surface area contributed by atoms with Gasteiger partial charge in [-0.05, 0) is 25.0 Å². The van der Waals surface area contributed by atoms with E-state index in [0.29, 0.717) is 18.8 Å². The highest BCUT2D eigenvalue weighted by Gasteiger charge is 2.37. The van der Waals surface area contributed by atoms with Gasteiger partial charge in [0, 0.05) is 30.2 Å². The molecule has 0 aromatic heterocycles. The molecule has 3 unspecified atom stereocenters. The largest absolute Gasteiger partial charge is 0.496 e. The van der Waals surface area contributed by atoms with Gasteiger partial charge in [-0.2, -0.15) is 0 Å².